The van der Waals surface area contributed by atoms with Gasteiger partial charge in [-0.3, -0.25) is 9.59 Å². The van der Waals surface area contributed by atoms with Gasteiger partial charge in [-0.1, -0.05) is 39.5 Å². The van der Waals surface area contributed by atoms with Gasteiger partial charge in [0.2, 0.25) is 0 Å². The molecule has 0 atom stereocenters. The molecule has 0 saturated heterocycles. The first-order valence-corrected chi connectivity index (χ1v) is 13.6. The molecule has 0 unspecified atom stereocenters. The van der Waals surface area contributed by atoms with Crippen LogP contribution in [0.5, 0.6) is 0 Å². The van der Waals surface area contributed by atoms with Gasteiger partial charge in [0, 0.05) is 34.4 Å². The van der Waals surface area contributed by atoms with Crippen LogP contribution in [0.4, 0.5) is 0 Å². The Hall–Kier alpha value is -3.22. The number of carboxylic acids is 2. The van der Waals surface area contributed by atoms with Crippen LogP contribution in [-0.2, 0) is 0 Å². The Morgan fingerprint density at radius 3 is 1.70 bits per heavy atom. The van der Waals surface area contributed by atoms with E-state index in [4.69, 9.17) is 0 Å². The molecule has 2 fully saturated rings. The van der Waals surface area contributed by atoms with Crippen molar-refractivity contribution in [2.24, 2.45) is 17.8 Å². The first-order chi connectivity index (χ1) is 17.7. The van der Waals surface area contributed by atoms with Gasteiger partial charge >= 0.3 is 11.9 Å². The normalized spacial score (nSPS) is 23.9. The van der Waals surface area contributed by atoms with Gasteiger partial charge in [0.15, 0.2) is 5.78 Å². The van der Waals surface area contributed by atoms with Crippen molar-refractivity contribution in [2.75, 3.05) is 0 Å². The van der Waals surface area contributed by atoms with E-state index in [0.29, 0.717) is 17.8 Å². The molecule has 4 rings (SSSR count). The number of Topliss-reactive ketones (excluding diaryl/α,β-unsaturated/α-hetero) is 1. The third-order valence-corrected chi connectivity index (χ3v) is 8.43. The molecule has 0 heterocycles. The van der Waals surface area contributed by atoms with Gasteiger partial charge in [0.25, 0.3) is 5.91 Å². The van der Waals surface area contributed by atoms with Gasteiger partial charge in [-0.2, -0.15) is 0 Å². The summed E-state index contributed by atoms with van der Waals surface area (Å²) < 4.78 is 0. The minimum absolute atomic E-state index is 0.0193. The summed E-state index contributed by atoms with van der Waals surface area (Å²) in [6, 6.07) is 5.40. The number of hydrogen-bond acceptors (Lipinski definition) is 4. The molecule has 0 bridgehead atoms. The van der Waals surface area contributed by atoms with Crippen LogP contribution in [0.15, 0.2) is 24.3 Å². The Balaban J connectivity index is 1.72. The fraction of sp³-hybridized carbons (Fsp3) is 0.533. The van der Waals surface area contributed by atoms with Crippen LogP contribution < -0.4 is 5.32 Å². The Kier molecular flexibility index (Phi) is 8.30. The predicted molar refractivity (Wildman–Crippen MR) is 141 cm³/mol. The van der Waals surface area contributed by atoms with Gasteiger partial charge in [-0.05, 0) is 74.1 Å². The van der Waals surface area contributed by atoms with Crippen molar-refractivity contribution >= 4 is 34.4 Å². The van der Waals surface area contributed by atoms with Gasteiger partial charge < -0.3 is 15.5 Å². The summed E-state index contributed by atoms with van der Waals surface area (Å²) in [5, 5.41) is 22.9. The highest BCUT2D eigenvalue weighted by Gasteiger charge is 2.28. The van der Waals surface area contributed by atoms with Gasteiger partial charge in [0.1, 0.15) is 0 Å². The topological polar surface area (TPSA) is 121 Å². The first-order valence-electron chi connectivity index (χ1n) is 13.6. The number of carbonyl (C=O) groups excluding carboxylic acids is 2. The molecule has 1 amide bonds. The van der Waals surface area contributed by atoms with Crippen molar-refractivity contribution < 1.29 is 29.4 Å². The monoisotopic (exact) mass is 507 g/mol. The maximum Gasteiger partial charge on any atom is 0.336 e. The Morgan fingerprint density at radius 2 is 1.16 bits per heavy atom. The zero-order chi connectivity index (χ0) is 26.7. The van der Waals surface area contributed by atoms with Gasteiger partial charge in [0.05, 0.1) is 11.1 Å². The highest BCUT2D eigenvalue weighted by atomic mass is 16.4. The van der Waals surface area contributed by atoms with Gasteiger partial charge in [-0.25, -0.2) is 9.59 Å². The Morgan fingerprint density at radius 1 is 0.703 bits per heavy atom. The van der Waals surface area contributed by atoms with Crippen LogP contribution in [-0.4, -0.2) is 39.9 Å². The lowest BCUT2D eigenvalue weighted by Crippen LogP contribution is -2.37. The van der Waals surface area contributed by atoms with E-state index in [-0.39, 0.29) is 51.3 Å². The molecule has 2 saturated carbocycles. The summed E-state index contributed by atoms with van der Waals surface area (Å²) in [7, 11) is 0. The van der Waals surface area contributed by atoms with Crippen molar-refractivity contribution in [3.8, 4) is 0 Å². The zero-order valence-corrected chi connectivity index (χ0v) is 21.7. The molecule has 2 aromatic carbocycles. The number of aromatic carboxylic acids is 2. The van der Waals surface area contributed by atoms with Crippen molar-refractivity contribution in [3.05, 3.63) is 46.5 Å². The largest absolute Gasteiger partial charge is 0.478 e. The number of fused-ring (bicyclic) bond motifs is 1. The molecule has 7 heteroatoms. The number of benzene rings is 2. The standard InChI is InChI=1S/C30H37NO6/c1-17-3-7-19(8-4-17)9-16-25(32)21-12-14-24(30(36)37)27-22(13-15-23(26(21)27)29(34)35)28(33)31-20-10-5-18(2)6-11-20/h12-15,17-20H,3-11,16H2,1-2H3,(H,31,33)(H,34,35)(H,36,37). The number of amides is 1. The summed E-state index contributed by atoms with van der Waals surface area (Å²) in [6.45, 7) is 4.43. The van der Waals surface area contributed by atoms with Crippen molar-refractivity contribution in [2.45, 2.75) is 84.1 Å². The molecule has 2 aliphatic carbocycles. The Bertz CT molecular complexity index is 1200. The molecule has 2 aromatic rings. The predicted octanol–water partition coefficient (Wildman–Crippen LogP) is 6.33. The molecular weight excluding hydrogens is 470 g/mol. The lowest BCUT2D eigenvalue weighted by molar-refractivity contribution is 0.0686. The Labute approximate surface area is 217 Å². The second kappa shape index (κ2) is 11.4. The van der Waals surface area contributed by atoms with E-state index in [1.165, 1.54) is 24.3 Å². The third kappa shape index (κ3) is 6.03. The van der Waals surface area contributed by atoms with Crippen LogP contribution in [0.1, 0.15) is 119 Å². The number of rotatable bonds is 8. The van der Waals surface area contributed by atoms with Crippen LogP contribution in [0, 0.1) is 17.8 Å². The second-order valence-electron chi connectivity index (χ2n) is 11.2. The van der Waals surface area contributed by atoms with Crippen LogP contribution >= 0.6 is 0 Å². The summed E-state index contributed by atoms with van der Waals surface area (Å²) >= 11 is 0. The fourth-order valence-corrected chi connectivity index (χ4v) is 6.03. The van der Waals surface area contributed by atoms with Crippen molar-refractivity contribution in [3.63, 3.8) is 0 Å². The zero-order valence-electron chi connectivity index (χ0n) is 21.7. The molecule has 37 heavy (non-hydrogen) atoms. The van der Waals surface area contributed by atoms with E-state index in [9.17, 15) is 29.4 Å². The number of nitrogens with one attached hydrogen (secondary N) is 1. The molecule has 7 nitrogen and oxygen atoms in total. The molecular formula is C30H37NO6. The summed E-state index contributed by atoms with van der Waals surface area (Å²) in [5.74, 6) is -1.43. The minimum Gasteiger partial charge on any atom is -0.478 e. The molecule has 0 aliphatic heterocycles. The minimum atomic E-state index is -1.27. The highest BCUT2D eigenvalue weighted by molar-refractivity contribution is 6.23. The molecule has 0 spiro atoms. The van der Waals surface area contributed by atoms with E-state index in [0.717, 1.165) is 57.8 Å². The van der Waals surface area contributed by atoms with Crippen molar-refractivity contribution in [1.29, 1.82) is 0 Å². The van der Waals surface area contributed by atoms with Gasteiger partial charge in [-0.15, -0.1) is 0 Å². The van der Waals surface area contributed by atoms with E-state index >= 15 is 0 Å². The summed E-state index contributed by atoms with van der Waals surface area (Å²) in [6.07, 6.45) is 9.13. The lowest BCUT2D eigenvalue weighted by atomic mass is 9.80. The van der Waals surface area contributed by atoms with E-state index < -0.39 is 17.8 Å². The number of carbonyl (C=O) groups is 4. The summed E-state index contributed by atoms with van der Waals surface area (Å²) in [4.78, 5) is 51.1. The highest BCUT2D eigenvalue weighted by Crippen LogP contribution is 2.34. The lowest BCUT2D eigenvalue weighted by Gasteiger charge is -2.27. The van der Waals surface area contributed by atoms with Crippen LogP contribution in [0.2, 0.25) is 0 Å². The number of ketones is 1. The van der Waals surface area contributed by atoms with Crippen LogP contribution in [0.25, 0.3) is 10.8 Å². The molecule has 0 radical (unpaired) electrons. The first kappa shape index (κ1) is 26.8. The fourth-order valence-electron chi connectivity index (χ4n) is 6.03. The van der Waals surface area contributed by atoms with E-state index in [1.54, 1.807) is 0 Å². The SMILES string of the molecule is CC1CCC(CCC(=O)c2ccc(C(=O)O)c3c(C(=O)NC4CCC(C)CC4)ccc(C(=O)O)c23)CC1. The van der Waals surface area contributed by atoms with E-state index in [2.05, 4.69) is 19.2 Å². The smallest absolute Gasteiger partial charge is 0.336 e. The van der Waals surface area contributed by atoms with E-state index in [1.807, 2.05) is 0 Å². The average molecular weight is 508 g/mol. The number of carboxylic acid groups (broad SMARTS) is 2. The molecule has 2 aliphatic rings. The maximum atomic E-state index is 13.4. The molecule has 0 aromatic heterocycles. The quantitative estimate of drug-likeness (QED) is 0.359. The third-order valence-electron chi connectivity index (χ3n) is 8.43. The summed E-state index contributed by atoms with van der Waals surface area (Å²) in [5.41, 5.74) is -0.0935. The second-order valence-corrected chi connectivity index (χ2v) is 11.2. The van der Waals surface area contributed by atoms with Crippen molar-refractivity contribution in [1.82, 2.24) is 5.32 Å². The molecule has 3 N–H and O–H groups in total. The van der Waals surface area contributed by atoms with Crippen LogP contribution in [0.3, 0.4) is 0 Å². The maximum absolute atomic E-state index is 13.4. The average Bonchev–Trinajstić information content (AvgIpc) is 2.87. The molecule has 198 valence electrons. The number of hydrogen-bond donors (Lipinski definition) is 3.